The number of pyridine rings is 1. The lowest BCUT2D eigenvalue weighted by Gasteiger charge is -2.14. The zero-order valence-corrected chi connectivity index (χ0v) is 6.50. The molecule has 1 amide bonds. The third kappa shape index (κ3) is 1.01. The third-order valence-corrected chi connectivity index (χ3v) is 1.88. The van der Waals surface area contributed by atoms with Gasteiger partial charge in [-0.05, 0) is 18.1 Å². The Labute approximate surface area is 69.8 Å². The van der Waals surface area contributed by atoms with Gasteiger partial charge >= 0.3 is 0 Å². The molecule has 0 aromatic carbocycles. The van der Waals surface area contributed by atoms with Gasteiger partial charge in [0.15, 0.2) is 0 Å². The zero-order valence-electron chi connectivity index (χ0n) is 6.50. The van der Waals surface area contributed by atoms with Gasteiger partial charge in [-0.2, -0.15) is 0 Å². The average Bonchev–Trinajstić information content (AvgIpc) is 2.04. The fourth-order valence-corrected chi connectivity index (χ4v) is 1.32. The van der Waals surface area contributed by atoms with E-state index in [0.717, 1.165) is 12.0 Å². The van der Waals surface area contributed by atoms with Crippen LogP contribution in [-0.2, 0) is 6.42 Å². The maximum atomic E-state index is 11.2. The number of carbonyl (C=O) groups is 1. The summed E-state index contributed by atoms with van der Waals surface area (Å²) >= 11 is 0. The van der Waals surface area contributed by atoms with Crippen LogP contribution in [0.4, 0.5) is 5.69 Å². The Morgan fingerprint density at radius 3 is 3.25 bits per heavy atom. The van der Waals surface area contributed by atoms with E-state index in [1.54, 1.807) is 6.07 Å². The molecule has 2 rings (SSSR count). The molecule has 1 aromatic rings. The average molecular weight is 163 g/mol. The molecule has 3 N–H and O–H groups in total. The molecule has 1 aliphatic heterocycles. The van der Waals surface area contributed by atoms with Crippen LogP contribution < -0.4 is 11.1 Å². The largest absolute Gasteiger partial charge is 0.397 e. The van der Waals surface area contributed by atoms with Gasteiger partial charge in [0.2, 0.25) is 0 Å². The molecule has 0 atom stereocenters. The SMILES string of the molecule is Nc1cnc2c(c1)CCNC2=O. The molecule has 1 aromatic heterocycles. The lowest BCUT2D eigenvalue weighted by atomic mass is 10.1. The minimum absolute atomic E-state index is 0.101. The first-order chi connectivity index (χ1) is 5.77. The first-order valence-electron chi connectivity index (χ1n) is 3.80. The molecule has 4 nitrogen and oxygen atoms in total. The molecule has 0 aliphatic carbocycles. The Kier molecular flexibility index (Phi) is 1.46. The maximum absolute atomic E-state index is 11.2. The summed E-state index contributed by atoms with van der Waals surface area (Å²) in [6.07, 6.45) is 2.32. The van der Waals surface area contributed by atoms with E-state index in [1.807, 2.05) is 0 Å². The van der Waals surface area contributed by atoms with E-state index in [-0.39, 0.29) is 5.91 Å². The Balaban J connectivity index is 2.53. The Bertz CT molecular complexity index is 335. The van der Waals surface area contributed by atoms with E-state index < -0.39 is 0 Å². The van der Waals surface area contributed by atoms with E-state index in [1.165, 1.54) is 6.20 Å². The van der Waals surface area contributed by atoms with E-state index >= 15 is 0 Å². The number of amides is 1. The normalized spacial score (nSPS) is 15.2. The fraction of sp³-hybridized carbons (Fsp3) is 0.250. The highest BCUT2D eigenvalue weighted by molar-refractivity contribution is 5.94. The Morgan fingerprint density at radius 1 is 1.58 bits per heavy atom. The molecule has 0 fully saturated rings. The number of anilines is 1. The molecule has 0 spiro atoms. The van der Waals surface area contributed by atoms with Gasteiger partial charge in [0.1, 0.15) is 5.69 Å². The second kappa shape index (κ2) is 2.48. The number of hydrogen-bond donors (Lipinski definition) is 2. The smallest absolute Gasteiger partial charge is 0.270 e. The van der Waals surface area contributed by atoms with Gasteiger partial charge in [0, 0.05) is 6.54 Å². The molecule has 0 bridgehead atoms. The number of aromatic nitrogens is 1. The number of nitrogens with two attached hydrogens (primary N) is 1. The molecule has 0 unspecified atom stereocenters. The van der Waals surface area contributed by atoms with Crippen molar-refractivity contribution < 1.29 is 4.79 Å². The van der Waals surface area contributed by atoms with Gasteiger partial charge in [-0.15, -0.1) is 0 Å². The number of nitrogen functional groups attached to an aromatic ring is 1. The van der Waals surface area contributed by atoms with Crippen molar-refractivity contribution in [1.82, 2.24) is 10.3 Å². The van der Waals surface area contributed by atoms with Crippen molar-refractivity contribution in [2.75, 3.05) is 12.3 Å². The van der Waals surface area contributed by atoms with E-state index in [4.69, 9.17) is 5.73 Å². The summed E-state index contributed by atoms with van der Waals surface area (Å²) in [7, 11) is 0. The van der Waals surface area contributed by atoms with Crippen molar-refractivity contribution in [3.8, 4) is 0 Å². The van der Waals surface area contributed by atoms with Gasteiger partial charge in [0.25, 0.3) is 5.91 Å². The van der Waals surface area contributed by atoms with Crippen LogP contribution in [0.1, 0.15) is 16.1 Å². The Hall–Kier alpha value is -1.58. The van der Waals surface area contributed by atoms with Crippen molar-refractivity contribution in [2.45, 2.75) is 6.42 Å². The van der Waals surface area contributed by atoms with Crippen LogP contribution in [0.25, 0.3) is 0 Å². The molecule has 0 saturated heterocycles. The molecule has 2 heterocycles. The van der Waals surface area contributed by atoms with Gasteiger partial charge in [0.05, 0.1) is 11.9 Å². The minimum Gasteiger partial charge on any atom is -0.397 e. The van der Waals surface area contributed by atoms with Crippen molar-refractivity contribution in [2.24, 2.45) is 0 Å². The van der Waals surface area contributed by atoms with Crippen LogP contribution in [0, 0.1) is 0 Å². The predicted octanol–water partition coefficient (Wildman–Crippen LogP) is -0.0503. The van der Waals surface area contributed by atoms with Crippen molar-refractivity contribution in [3.63, 3.8) is 0 Å². The topological polar surface area (TPSA) is 68.0 Å². The van der Waals surface area contributed by atoms with Gasteiger partial charge in [-0.1, -0.05) is 0 Å². The summed E-state index contributed by atoms with van der Waals surface area (Å²) in [5.41, 5.74) is 7.60. The number of hydrogen-bond acceptors (Lipinski definition) is 3. The molecule has 0 radical (unpaired) electrons. The molecular weight excluding hydrogens is 154 g/mol. The minimum atomic E-state index is -0.101. The molecule has 12 heavy (non-hydrogen) atoms. The lowest BCUT2D eigenvalue weighted by Crippen LogP contribution is -2.32. The zero-order chi connectivity index (χ0) is 8.55. The summed E-state index contributed by atoms with van der Waals surface area (Å²) in [5, 5.41) is 2.72. The quantitative estimate of drug-likeness (QED) is 0.563. The third-order valence-electron chi connectivity index (χ3n) is 1.88. The first-order valence-corrected chi connectivity index (χ1v) is 3.80. The van der Waals surface area contributed by atoms with Crippen LogP contribution >= 0.6 is 0 Å². The van der Waals surface area contributed by atoms with E-state index in [9.17, 15) is 4.79 Å². The molecule has 62 valence electrons. The summed E-state index contributed by atoms with van der Waals surface area (Å²) in [6, 6.07) is 1.81. The summed E-state index contributed by atoms with van der Waals surface area (Å²) in [6.45, 7) is 0.678. The second-order valence-corrected chi connectivity index (χ2v) is 2.78. The van der Waals surface area contributed by atoms with Crippen LogP contribution in [0.5, 0.6) is 0 Å². The maximum Gasteiger partial charge on any atom is 0.270 e. The summed E-state index contributed by atoms with van der Waals surface area (Å²) in [4.78, 5) is 15.1. The summed E-state index contributed by atoms with van der Waals surface area (Å²) in [5.74, 6) is -0.101. The van der Waals surface area contributed by atoms with Crippen LogP contribution in [0.15, 0.2) is 12.3 Å². The van der Waals surface area contributed by atoms with Crippen molar-refractivity contribution in [3.05, 3.63) is 23.5 Å². The van der Waals surface area contributed by atoms with Crippen LogP contribution in [0.2, 0.25) is 0 Å². The van der Waals surface area contributed by atoms with Crippen molar-refractivity contribution >= 4 is 11.6 Å². The number of nitrogens with one attached hydrogen (secondary N) is 1. The fourth-order valence-electron chi connectivity index (χ4n) is 1.32. The lowest BCUT2D eigenvalue weighted by molar-refractivity contribution is 0.0940. The highest BCUT2D eigenvalue weighted by atomic mass is 16.1. The van der Waals surface area contributed by atoms with Gasteiger partial charge in [-0.3, -0.25) is 4.79 Å². The number of nitrogens with zero attached hydrogens (tertiary/aromatic N) is 1. The summed E-state index contributed by atoms with van der Waals surface area (Å²) < 4.78 is 0. The van der Waals surface area contributed by atoms with Crippen LogP contribution in [-0.4, -0.2) is 17.4 Å². The molecule has 4 heteroatoms. The van der Waals surface area contributed by atoms with E-state index in [2.05, 4.69) is 10.3 Å². The number of carbonyl (C=O) groups excluding carboxylic acids is 1. The van der Waals surface area contributed by atoms with E-state index in [0.29, 0.717) is 17.9 Å². The molecular formula is C8H9N3O. The first kappa shape index (κ1) is 7.09. The highest BCUT2D eigenvalue weighted by Gasteiger charge is 2.17. The predicted molar refractivity (Wildman–Crippen MR) is 44.7 cm³/mol. The number of rotatable bonds is 0. The standard InChI is InChI=1S/C8H9N3O/c9-6-3-5-1-2-10-8(12)7(5)11-4-6/h3-4H,1-2,9H2,(H,10,12). The molecule has 1 aliphatic rings. The van der Waals surface area contributed by atoms with Gasteiger partial charge in [-0.25, -0.2) is 4.98 Å². The molecule has 0 saturated carbocycles. The number of fused-ring (bicyclic) bond motifs is 1. The van der Waals surface area contributed by atoms with Crippen LogP contribution in [0.3, 0.4) is 0 Å². The highest BCUT2D eigenvalue weighted by Crippen LogP contribution is 2.13. The monoisotopic (exact) mass is 163 g/mol. The second-order valence-electron chi connectivity index (χ2n) is 2.78. The van der Waals surface area contributed by atoms with Gasteiger partial charge < -0.3 is 11.1 Å². The Morgan fingerprint density at radius 2 is 2.42 bits per heavy atom. The van der Waals surface area contributed by atoms with Crippen molar-refractivity contribution in [1.29, 1.82) is 0 Å².